The van der Waals surface area contributed by atoms with Crippen LogP contribution in [0.25, 0.3) is 17.4 Å². The Labute approximate surface area is 206 Å². The molecule has 11 nitrogen and oxygen atoms in total. The van der Waals surface area contributed by atoms with E-state index in [-0.39, 0.29) is 42.6 Å². The Morgan fingerprint density at radius 3 is 2.56 bits per heavy atom. The van der Waals surface area contributed by atoms with Crippen LogP contribution < -0.4 is 10.6 Å². The normalized spacial score (nSPS) is 23.6. The SMILES string of the molecule is Nc1nc(N2CCC[C@H]2C(=O)N2CCC(N3CCC(F)(F)CC3)CC2)nc2nc(-c3ccco3)nn12. The summed E-state index contributed by atoms with van der Waals surface area (Å²) in [6.07, 6.45) is 4.53. The van der Waals surface area contributed by atoms with Crippen LogP contribution in [-0.4, -0.2) is 91.0 Å². The number of alkyl halides is 2. The summed E-state index contributed by atoms with van der Waals surface area (Å²) in [7, 11) is 0. The number of furan rings is 1. The van der Waals surface area contributed by atoms with Crippen molar-refractivity contribution < 1.29 is 18.0 Å². The van der Waals surface area contributed by atoms with Gasteiger partial charge < -0.3 is 20.0 Å². The zero-order valence-electron chi connectivity index (χ0n) is 19.9. The van der Waals surface area contributed by atoms with Crippen LogP contribution in [0.15, 0.2) is 22.8 Å². The first-order valence-electron chi connectivity index (χ1n) is 12.5. The molecule has 1 atom stereocenters. The summed E-state index contributed by atoms with van der Waals surface area (Å²) in [6.45, 7) is 2.74. The second kappa shape index (κ2) is 8.95. The number of fused-ring (bicyclic) bond motifs is 1. The molecule has 3 fully saturated rings. The number of halogens is 2. The second-order valence-corrected chi connectivity index (χ2v) is 9.81. The lowest BCUT2D eigenvalue weighted by Gasteiger charge is -2.42. The van der Waals surface area contributed by atoms with Crippen LogP contribution in [0.5, 0.6) is 0 Å². The van der Waals surface area contributed by atoms with Crippen molar-refractivity contribution in [2.24, 2.45) is 0 Å². The average molecular weight is 502 g/mol. The van der Waals surface area contributed by atoms with Gasteiger partial charge in [-0.3, -0.25) is 9.69 Å². The third-order valence-electron chi connectivity index (χ3n) is 7.58. The van der Waals surface area contributed by atoms with Gasteiger partial charge in [-0.15, -0.1) is 5.10 Å². The minimum absolute atomic E-state index is 0.0518. The van der Waals surface area contributed by atoms with Gasteiger partial charge in [0.1, 0.15) is 6.04 Å². The van der Waals surface area contributed by atoms with E-state index in [1.54, 1.807) is 12.1 Å². The zero-order valence-corrected chi connectivity index (χ0v) is 19.9. The third-order valence-corrected chi connectivity index (χ3v) is 7.58. The smallest absolute Gasteiger partial charge is 0.259 e. The van der Waals surface area contributed by atoms with Crippen molar-refractivity contribution in [3.05, 3.63) is 18.4 Å². The van der Waals surface area contributed by atoms with Gasteiger partial charge >= 0.3 is 0 Å². The number of amides is 1. The molecule has 0 saturated carbocycles. The number of nitrogen functional groups attached to an aromatic ring is 1. The summed E-state index contributed by atoms with van der Waals surface area (Å²) in [6, 6.07) is 3.38. The molecular weight excluding hydrogens is 472 g/mol. The second-order valence-electron chi connectivity index (χ2n) is 9.81. The summed E-state index contributed by atoms with van der Waals surface area (Å²) in [5, 5.41) is 4.33. The highest BCUT2D eigenvalue weighted by Crippen LogP contribution is 2.31. The Hall–Kier alpha value is -3.35. The lowest BCUT2D eigenvalue weighted by Crippen LogP contribution is -2.53. The molecule has 3 aromatic rings. The van der Waals surface area contributed by atoms with E-state index < -0.39 is 5.92 Å². The van der Waals surface area contributed by atoms with E-state index in [9.17, 15) is 13.6 Å². The van der Waals surface area contributed by atoms with Crippen LogP contribution >= 0.6 is 0 Å². The van der Waals surface area contributed by atoms with E-state index >= 15 is 0 Å². The van der Waals surface area contributed by atoms with E-state index in [0.717, 1.165) is 19.3 Å². The van der Waals surface area contributed by atoms with Gasteiger partial charge in [0.2, 0.25) is 23.6 Å². The first kappa shape index (κ1) is 23.1. The first-order valence-corrected chi connectivity index (χ1v) is 12.5. The number of piperidine rings is 2. The summed E-state index contributed by atoms with van der Waals surface area (Å²) < 4.78 is 33.8. The van der Waals surface area contributed by atoms with Gasteiger partial charge in [0.05, 0.1) is 6.26 Å². The van der Waals surface area contributed by atoms with Crippen LogP contribution in [0.4, 0.5) is 20.7 Å². The van der Waals surface area contributed by atoms with Crippen LogP contribution in [0.3, 0.4) is 0 Å². The largest absolute Gasteiger partial charge is 0.461 e. The molecule has 6 heterocycles. The summed E-state index contributed by atoms with van der Waals surface area (Å²) in [4.78, 5) is 32.9. The number of hydrogen-bond acceptors (Lipinski definition) is 9. The molecule has 0 aliphatic carbocycles. The van der Waals surface area contributed by atoms with Crippen molar-refractivity contribution in [3.8, 4) is 11.6 Å². The van der Waals surface area contributed by atoms with Gasteiger partial charge in [-0.05, 0) is 37.8 Å². The van der Waals surface area contributed by atoms with Crippen molar-refractivity contribution in [2.45, 2.75) is 56.5 Å². The molecule has 3 aliphatic rings. The number of hydrogen-bond donors (Lipinski definition) is 1. The number of rotatable bonds is 4. The Morgan fingerprint density at radius 1 is 1.06 bits per heavy atom. The van der Waals surface area contributed by atoms with Crippen molar-refractivity contribution in [1.82, 2.24) is 34.4 Å². The molecule has 36 heavy (non-hydrogen) atoms. The minimum atomic E-state index is -2.54. The molecule has 3 saturated heterocycles. The maximum Gasteiger partial charge on any atom is 0.259 e. The van der Waals surface area contributed by atoms with Gasteiger partial charge in [-0.1, -0.05) is 0 Å². The number of anilines is 2. The molecule has 0 radical (unpaired) electrons. The van der Waals surface area contributed by atoms with E-state index in [4.69, 9.17) is 10.2 Å². The van der Waals surface area contributed by atoms with Crippen LogP contribution in [0, 0.1) is 0 Å². The average Bonchev–Trinajstić information content (AvgIpc) is 3.64. The number of carbonyl (C=O) groups excluding carboxylic acids is 1. The Kier molecular flexibility index (Phi) is 5.73. The molecule has 1 amide bonds. The molecular formula is C23H29F2N9O2. The fourth-order valence-corrected chi connectivity index (χ4v) is 5.57. The molecule has 0 aromatic carbocycles. The highest BCUT2D eigenvalue weighted by molar-refractivity contribution is 5.85. The summed E-state index contributed by atoms with van der Waals surface area (Å²) in [5.74, 6) is -0.860. The number of aromatic nitrogens is 5. The maximum absolute atomic E-state index is 13.5. The van der Waals surface area contributed by atoms with Crippen molar-refractivity contribution >= 4 is 23.6 Å². The van der Waals surface area contributed by atoms with E-state index in [2.05, 4.69) is 25.0 Å². The third kappa shape index (κ3) is 4.25. The summed E-state index contributed by atoms with van der Waals surface area (Å²) in [5.41, 5.74) is 6.16. The van der Waals surface area contributed by atoms with Gasteiger partial charge in [0.25, 0.3) is 11.7 Å². The van der Waals surface area contributed by atoms with Gasteiger partial charge in [0, 0.05) is 51.6 Å². The van der Waals surface area contributed by atoms with E-state index in [1.165, 1.54) is 10.8 Å². The Balaban J connectivity index is 1.14. The molecule has 2 N–H and O–H groups in total. The molecule has 192 valence electrons. The van der Waals surface area contributed by atoms with Crippen LogP contribution in [0.1, 0.15) is 38.5 Å². The van der Waals surface area contributed by atoms with Crippen molar-refractivity contribution in [2.75, 3.05) is 43.4 Å². The first-order chi connectivity index (χ1) is 17.4. The van der Waals surface area contributed by atoms with Crippen LogP contribution in [0.2, 0.25) is 0 Å². The lowest BCUT2D eigenvalue weighted by atomic mass is 9.98. The molecule has 13 heteroatoms. The van der Waals surface area contributed by atoms with Gasteiger partial charge in [-0.25, -0.2) is 8.78 Å². The molecule has 6 rings (SSSR count). The quantitative estimate of drug-likeness (QED) is 0.572. The van der Waals surface area contributed by atoms with Gasteiger partial charge in [0.15, 0.2) is 5.76 Å². The van der Waals surface area contributed by atoms with Crippen molar-refractivity contribution in [3.63, 3.8) is 0 Å². The lowest BCUT2D eigenvalue weighted by molar-refractivity contribution is -0.134. The zero-order chi connectivity index (χ0) is 24.9. The van der Waals surface area contributed by atoms with Crippen LogP contribution in [-0.2, 0) is 4.79 Å². The molecule has 3 aliphatic heterocycles. The fraction of sp³-hybridized carbons (Fsp3) is 0.609. The number of likely N-dealkylation sites (tertiary alicyclic amines) is 2. The van der Waals surface area contributed by atoms with E-state index in [1.807, 2.05) is 9.80 Å². The fourth-order valence-electron chi connectivity index (χ4n) is 5.57. The highest BCUT2D eigenvalue weighted by Gasteiger charge is 2.40. The number of nitrogens with two attached hydrogens (primary N) is 1. The number of nitrogens with zero attached hydrogens (tertiary/aromatic N) is 8. The Morgan fingerprint density at radius 2 is 1.83 bits per heavy atom. The number of carbonyl (C=O) groups is 1. The predicted molar refractivity (Wildman–Crippen MR) is 126 cm³/mol. The minimum Gasteiger partial charge on any atom is -0.461 e. The summed E-state index contributed by atoms with van der Waals surface area (Å²) >= 11 is 0. The topological polar surface area (TPSA) is 122 Å². The molecule has 0 spiro atoms. The standard InChI is InChI=1S/C23H29F2N9O2/c24-23(25)7-12-31(13-8-23)15-5-10-32(11-6-15)19(35)16-3-1-9-33(16)21-28-20(26)34-22(29-21)27-18(30-34)17-4-2-14-36-17/h2,4,14-16H,1,3,5-13H2,(H2,26,27,28,29,30)/t16-/m0/s1. The maximum atomic E-state index is 13.5. The van der Waals surface area contributed by atoms with Gasteiger partial charge in [-0.2, -0.15) is 19.5 Å². The molecule has 3 aromatic heterocycles. The monoisotopic (exact) mass is 501 g/mol. The molecule has 0 unspecified atom stereocenters. The Bertz CT molecular complexity index is 1230. The van der Waals surface area contributed by atoms with E-state index in [0.29, 0.717) is 56.7 Å². The molecule has 0 bridgehead atoms. The van der Waals surface area contributed by atoms with Crippen molar-refractivity contribution in [1.29, 1.82) is 0 Å². The predicted octanol–water partition coefficient (Wildman–Crippen LogP) is 2.05. The highest BCUT2D eigenvalue weighted by atomic mass is 19.3.